The Balaban J connectivity index is 1.35. The molecule has 2 fully saturated rings. The molecule has 0 aromatic carbocycles. The van der Waals surface area contributed by atoms with Crippen LogP contribution in [0.2, 0.25) is 0 Å². The summed E-state index contributed by atoms with van der Waals surface area (Å²) >= 11 is 2.98. The van der Waals surface area contributed by atoms with E-state index >= 15 is 0 Å². The number of nitrogens with zero attached hydrogens (tertiary/aromatic N) is 1. The average Bonchev–Trinajstić information content (AvgIpc) is 3.22. The number of carbonyl (C=O) groups excluding carboxylic acids is 2. The van der Waals surface area contributed by atoms with Gasteiger partial charge in [0.15, 0.2) is 5.13 Å². The predicted octanol–water partition coefficient (Wildman–Crippen LogP) is 4.42. The number of thiazole rings is 1. The van der Waals surface area contributed by atoms with Gasteiger partial charge in [0.1, 0.15) is 0 Å². The van der Waals surface area contributed by atoms with Gasteiger partial charge in [0.05, 0.1) is 16.7 Å². The number of aliphatic hydroxyl groups is 1. The molecular weight excluding hydrogens is 442 g/mol. The van der Waals surface area contributed by atoms with Gasteiger partial charge in [0.25, 0.3) is 5.91 Å². The fourth-order valence-corrected chi connectivity index (χ4v) is 7.80. The number of anilines is 1. The molecule has 6 atom stereocenters. The van der Waals surface area contributed by atoms with E-state index in [4.69, 9.17) is 4.98 Å². The number of carbonyl (C=O) groups is 2. The number of rotatable bonds is 5. The Morgan fingerprint density at radius 1 is 1.31 bits per heavy atom. The van der Waals surface area contributed by atoms with Crippen molar-refractivity contribution in [3.05, 3.63) is 33.0 Å². The van der Waals surface area contributed by atoms with Crippen LogP contribution in [-0.4, -0.2) is 34.1 Å². The molecule has 3 N–H and O–H groups in total. The van der Waals surface area contributed by atoms with E-state index in [-0.39, 0.29) is 40.9 Å². The van der Waals surface area contributed by atoms with Crippen LogP contribution in [-0.2, 0) is 11.2 Å². The van der Waals surface area contributed by atoms with Gasteiger partial charge in [-0.05, 0) is 60.8 Å². The molecule has 0 bridgehead atoms. The molecule has 2 aromatic rings. The molecule has 2 saturated carbocycles. The predicted molar refractivity (Wildman–Crippen MR) is 127 cm³/mol. The van der Waals surface area contributed by atoms with Crippen molar-refractivity contribution < 1.29 is 14.7 Å². The smallest absolute Gasteiger partial charge is 0.267 e. The van der Waals surface area contributed by atoms with Crippen LogP contribution in [0.3, 0.4) is 0 Å². The van der Waals surface area contributed by atoms with Gasteiger partial charge in [-0.3, -0.25) is 14.9 Å². The standard InChI is InChI=1S/C24H31N3O3S2/c1-12(21(29)25-14-6-7-14)15-8-9-24(3)11-17-19(13(2)18(24)20(15)28)26-23(32-17)27-22(30)16-5-4-10-31-16/h4-5,10,12-15,18,20,28H,6-9,11H2,1-3H3,(H,25,29)(H,26,27,30)/t12-,13-,15-,18+,20-,24-/m0/s1. The normalized spacial score (nSPS) is 32.5. The SMILES string of the molecule is C[C@H](C(=O)NC1CC1)[C@@H]1CC[C@@]2(C)Cc3sc(NC(=O)c4cccs4)nc3[C@@H](C)[C@@H]2[C@H]1O. The molecule has 172 valence electrons. The molecule has 0 saturated heterocycles. The summed E-state index contributed by atoms with van der Waals surface area (Å²) in [5.74, 6) is -0.154. The fraction of sp³-hybridized carbons (Fsp3) is 0.625. The topological polar surface area (TPSA) is 91.3 Å². The molecule has 2 amide bonds. The van der Waals surface area contributed by atoms with Crippen molar-refractivity contribution in [2.75, 3.05) is 5.32 Å². The largest absolute Gasteiger partial charge is 0.392 e. The molecule has 2 aromatic heterocycles. The lowest BCUT2D eigenvalue weighted by molar-refractivity contribution is -0.134. The highest BCUT2D eigenvalue weighted by Gasteiger charge is 2.54. The van der Waals surface area contributed by atoms with Crippen LogP contribution in [0.5, 0.6) is 0 Å². The Bertz CT molecular complexity index is 1020. The zero-order valence-corrected chi connectivity index (χ0v) is 20.4. The second kappa shape index (κ2) is 8.22. The Morgan fingerprint density at radius 3 is 2.78 bits per heavy atom. The lowest BCUT2D eigenvalue weighted by Gasteiger charge is -2.53. The molecule has 32 heavy (non-hydrogen) atoms. The van der Waals surface area contributed by atoms with Gasteiger partial charge in [0.2, 0.25) is 5.91 Å². The Morgan fingerprint density at radius 2 is 2.09 bits per heavy atom. The zero-order valence-electron chi connectivity index (χ0n) is 18.8. The molecule has 8 heteroatoms. The van der Waals surface area contributed by atoms with Crippen molar-refractivity contribution in [1.82, 2.24) is 10.3 Å². The van der Waals surface area contributed by atoms with Crippen LogP contribution in [0.1, 0.15) is 72.6 Å². The second-order valence-electron chi connectivity index (χ2n) is 10.2. The Labute approximate surface area is 196 Å². The summed E-state index contributed by atoms with van der Waals surface area (Å²) in [4.78, 5) is 31.8. The number of hydrogen-bond acceptors (Lipinski definition) is 6. The maximum atomic E-state index is 12.7. The first-order valence-corrected chi connectivity index (χ1v) is 13.3. The number of nitrogens with one attached hydrogen (secondary N) is 2. The van der Waals surface area contributed by atoms with E-state index in [1.807, 2.05) is 24.4 Å². The highest BCUT2D eigenvalue weighted by molar-refractivity contribution is 7.16. The number of hydrogen-bond donors (Lipinski definition) is 3. The lowest BCUT2D eigenvalue weighted by Crippen LogP contribution is -2.53. The molecule has 3 aliphatic rings. The first-order chi connectivity index (χ1) is 15.3. The van der Waals surface area contributed by atoms with Gasteiger partial charge in [-0.15, -0.1) is 22.7 Å². The molecule has 6 nitrogen and oxygen atoms in total. The van der Waals surface area contributed by atoms with E-state index in [0.29, 0.717) is 16.1 Å². The first kappa shape index (κ1) is 22.0. The van der Waals surface area contributed by atoms with E-state index in [1.165, 1.54) is 16.2 Å². The fourth-order valence-electron chi connectivity index (χ4n) is 5.92. The monoisotopic (exact) mass is 473 g/mol. The molecule has 0 spiro atoms. The van der Waals surface area contributed by atoms with Gasteiger partial charge in [0, 0.05) is 22.8 Å². The summed E-state index contributed by atoms with van der Waals surface area (Å²) in [6.45, 7) is 6.38. The van der Waals surface area contributed by atoms with Gasteiger partial charge in [-0.1, -0.05) is 26.8 Å². The quantitative estimate of drug-likeness (QED) is 0.599. The summed E-state index contributed by atoms with van der Waals surface area (Å²) < 4.78 is 0. The Hall–Kier alpha value is -1.77. The van der Waals surface area contributed by atoms with Crippen LogP contribution < -0.4 is 10.6 Å². The van der Waals surface area contributed by atoms with Gasteiger partial charge in [-0.2, -0.15) is 0 Å². The van der Waals surface area contributed by atoms with Crippen molar-refractivity contribution >= 4 is 39.6 Å². The van der Waals surface area contributed by atoms with Gasteiger partial charge < -0.3 is 10.4 Å². The first-order valence-electron chi connectivity index (χ1n) is 11.6. The molecule has 2 heterocycles. The molecule has 5 rings (SSSR count). The summed E-state index contributed by atoms with van der Waals surface area (Å²) in [6.07, 6.45) is 4.30. The van der Waals surface area contributed by atoms with Crippen LogP contribution in [0.25, 0.3) is 0 Å². The third kappa shape index (κ3) is 3.90. The van der Waals surface area contributed by atoms with E-state index in [1.54, 1.807) is 11.3 Å². The van der Waals surface area contributed by atoms with E-state index in [2.05, 4.69) is 24.5 Å². The summed E-state index contributed by atoms with van der Waals surface area (Å²) in [5.41, 5.74) is 0.963. The third-order valence-electron chi connectivity index (χ3n) is 7.87. The molecule has 3 aliphatic carbocycles. The molecule has 0 aliphatic heterocycles. The maximum Gasteiger partial charge on any atom is 0.267 e. The highest BCUT2D eigenvalue weighted by atomic mass is 32.1. The van der Waals surface area contributed by atoms with E-state index in [9.17, 15) is 14.7 Å². The third-order valence-corrected chi connectivity index (χ3v) is 9.72. The van der Waals surface area contributed by atoms with Gasteiger partial charge in [-0.25, -0.2) is 4.98 Å². The summed E-state index contributed by atoms with van der Waals surface area (Å²) in [6, 6.07) is 4.01. The summed E-state index contributed by atoms with van der Waals surface area (Å²) in [7, 11) is 0. The zero-order chi connectivity index (χ0) is 22.6. The van der Waals surface area contributed by atoms with E-state index in [0.717, 1.165) is 37.8 Å². The van der Waals surface area contributed by atoms with Crippen LogP contribution in [0.4, 0.5) is 5.13 Å². The molecular formula is C24H31N3O3S2. The van der Waals surface area contributed by atoms with Crippen LogP contribution >= 0.6 is 22.7 Å². The van der Waals surface area contributed by atoms with Crippen molar-refractivity contribution in [2.45, 2.75) is 70.9 Å². The average molecular weight is 474 g/mol. The van der Waals surface area contributed by atoms with E-state index < -0.39 is 6.10 Å². The van der Waals surface area contributed by atoms with Crippen LogP contribution in [0.15, 0.2) is 17.5 Å². The number of aromatic nitrogens is 1. The minimum atomic E-state index is -0.539. The number of aliphatic hydroxyl groups excluding tert-OH is 1. The minimum absolute atomic E-state index is 0.0312. The van der Waals surface area contributed by atoms with Crippen molar-refractivity contribution in [3.8, 4) is 0 Å². The van der Waals surface area contributed by atoms with Crippen molar-refractivity contribution in [1.29, 1.82) is 0 Å². The van der Waals surface area contributed by atoms with Crippen molar-refractivity contribution in [3.63, 3.8) is 0 Å². The summed E-state index contributed by atoms with van der Waals surface area (Å²) in [5, 5.41) is 20.1. The maximum absolute atomic E-state index is 12.7. The minimum Gasteiger partial charge on any atom is -0.392 e. The van der Waals surface area contributed by atoms with Gasteiger partial charge >= 0.3 is 0 Å². The van der Waals surface area contributed by atoms with Crippen LogP contribution in [0, 0.1) is 23.2 Å². The number of thiophene rings is 1. The Kier molecular flexibility index (Phi) is 5.66. The number of fused-ring (bicyclic) bond motifs is 2. The lowest BCUT2D eigenvalue weighted by atomic mass is 9.53. The molecule has 0 radical (unpaired) electrons. The molecule has 0 unspecified atom stereocenters. The van der Waals surface area contributed by atoms with Crippen molar-refractivity contribution in [2.24, 2.45) is 23.2 Å². The number of amides is 2. The highest BCUT2D eigenvalue weighted by Crippen LogP contribution is 2.57. The second-order valence-corrected chi connectivity index (χ2v) is 12.2.